The molecule has 1 aliphatic heterocycles. The second kappa shape index (κ2) is 15.7. The van der Waals surface area contributed by atoms with Gasteiger partial charge in [-0.15, -0.1) is 0 Å². The Morgan fingerprint density at radius 2 is 1.75 bits per heavy atom. The highest BCUT2D eigenvalue weighted by molar-refractivity contribution is 7.92. The van der Waals surface area contributed by atoms with Gasteiger partial charge in [0.1, 0.15) is 22.9 Å². The minimum absolute atomic E-state index is 0.121. The van der Waals surface area contributed by atoms with Crippen LogP contribution in [-0.4, -0.2) is 72.5 Å². The third-order valence-electron chi connectivity index (χ3n) is 14.6. The Morgan fingerprint density at radius 3 is 2.48 bits per heavy atom. The minimum atomic E-state index is -4.24. The van der Waals surface area contributed by atoms with Crippen molar-refractivity contribution >= 4 is 38.0 Å². The van der Waals surface area contributed by atoms with Gasteiger partial charge in [0.05, 0.1) is 21.6 Å². The highest BCUT2D eigenvalue weighted by Crippen LogP contribution is 2.77. The van der Waals surface area contributed by atoms with Gasteiger partial charge in [-0.1, -0.05) is 70.1 Å². The number of hydrogen-bond acceptors (Lipinski definition) is 9. The predicted octanol–water partition coefficient (Wildman–Crippen LogP) is 10.3. The summed E-state index contributed by atoms with van der Waals surface area (Å²) in [6.07, 6.45) is 18.3. The number of Topliss-reactive ketones (excluding diaryl/α,β-unsaturated/α-hetero) is 1. The fraction of sp³-hybridized carbons (Fsp3) is 0.542. The van der Waals surface area contributed by atoms with E-state index in [1.54, 1.807) is 35.7 Å². The van der Waals surface area contributed by atoms with Crippen molar-refractivity contribution in [3.63, 3.8) is 0 Å². The summed E-state index contributed by atoms with van der Waals surface area (Å²) in [6, 6.07) is 13.1. The fourth-order valence-electron chi connectivity index (χ4n) is 11.5. The number of aromatic nitrogens is 2. The summed E-state index contributed by atoms with van der Waals surface area (Å²) in [7, 11) is -4.24. The van der Waals surface area contributed by atoms with Crippen LogP contribution >= 0.6 is 0 Å². The smallest absolute Gasteiger partial charge is 0.273 e. The first-order valence-electron chi connectivity index (χ1n) is 22.1. The number of rotatable bonds is 14. The average molecular weight is 834 g/mol. The molecule has 1 saturated heterocycles. The Labute approximate surface area is 354 Å². The highest BCUT2D eigenvalue weighted by atomic mass is 32.2. The molecule has 11 nitrogen and oxygen atoms in total. The number of allylic oxidation sites excluding steroid dienone is 1. The van der Waals surface area contributed by atoms with Crippen LogP contribution in [0.1, 0.15) is 114 Å². The first-order chi connectivity index (χ1) is 28.7. The number of ether oxygens (including phenoxy) is 1. The molecule has 0 atom stereocenters. The molecule has 0 amide bonds. The van der Waals surface area contributed by atoms with Gasteiger partial charge >= 0.3 is 0 Å². The van der Waals surface area contributed by atoms with Crippen molar-refractivity contribution in [2.24, 2.45) is 22.2 Å². The summed E-state index contributed by atoms with van der Waals surface area (Å²) in [4.78, 5) is 37.9. The molecule has 12 heteroatoms. The zero-order chi connectivity index (χ0) is 41.9. The van der Waals surface area contributed by atoms with Crippen LogP contribution < -0.4 is 9.64 Å². The number of nitro benzene ring substituents is 1. The van der Waals surface area contributed by atoms with Gasteiger partial charge in [0, 0.05) is 67.7 Å². The van der Waals surface area contributed by atoms with E-state index in [2.05, 4.69) is 40.5 Å². The van der Waals surface area contributed by atoms with E-state index < -0.39 is 26.3 Å². The summed E-state index contributed by atoms with van der Waals surface area (Å²) >= 11 is 0. The minimum Gasteiger partial charge on any atom is -0.455 e. The Balaban J connectivity index is 0.922. The number of hydrogen-bond donors (Lipinski definition) is 1. The van der Waals surface area contributed by atoms with Crippen molar-refractivity contribution in [3.8, 4) is 11.5 Å². The van der Waals surface area contributed by atoms with Gasteiger partial charge in [-0.3, -0.25) is 19.8 Å². The maximum Gasteiger partial charge on any atom is 0.273 e. The molecule has 4 aromatic rings. The molecule has 60 heavy (non-hydrogen) atoms. The molecular weight excluding hydrogens is 775 g/mol. The number of nitrogens with zero attached hydrogens (tertiary/aromatic N) is 4. The lowest BCUT2D eigenvalue weighted by Crippen LogP contribution is -2.61. The number of fused-ring (bicyclic) bond motifs is 1. The molecule has 2 bridgehead atoms. The molecule has 6 aliphatic rings. The van der Waals surface area contributed by atoms with Gasteiger partial charge in [-0.25, -0.2) is 13.4 Å². The number of anilines is 1. The summed E-state index contributed by atoms with van der Waals surface area (Å²) in [5.74, 6) is -0.326. The van der Waals surface area contributed by atoms with Crippen molar-refractivity contribution in [1.82, 2.24) is 14.9 Å². The zero-order valence-corrected chi connectivity index (χ0v) is 36.2. The highest BCUT2D eigenvalue weighted by Gasteiger charge is 2.66. The average Bonchev–Trinajstić information content (AvgIpc) is 3.68. The lowest BCUT2D eigenvalue weighted by molar-refractivity contribution is -0.385. The maximum absolute atomic E-state index is 14.0. The summed E-state index contributed by atoms with van der Waals surface area (Å²) in [5, 5.41) is 13.0. The Bertz CT molecular complexity index is 2440. The van der Waals surface area contributed by atoms with Gasteiger partial charge in [0.2, 0.25) is 0 Å². The number of nitrogens with one attached hydrogen (secondary N) is 1. The summed E-state index contributed by atoms with van der Waals surface area (Å²) in [6.45, 7) is 11.8. The molecule has 3 heterocycles. The Kier molecular flexibility index (Phi) is 10.7. The van der Waals surface area contributed by atoms with Crippen LogP contribution in [0.3, 0.4) is 0 Å². The number of ketones is 1. The molecule has 0 spiro atoms. The number of sulfone groups is 1. The molecule has 4 saturated carbocycles. The van der Waals surface area contributed by atoms with E-state index in [0.717, 1.165) is 69.1 Å². The Hall–Kier alpha value is -4.55. The van der Waals surface area contributed by atoms with E-state index in [4.69, 9.17) is 4.74 Å². The standard InChI is InChI=1S/C48H59N5O6S/c1-46(2)17-15-36(41(26-46)48-30-47(3,31-48)32-48)28-51-19-21-52(22-20-51)37-12-14-40(44(24-37)59-38-23-35-16-18-49-45(35)50-27-38)43(54)29-60(57,58)39-13-11-34(42(25-39)53(55)56)10-9-33-7-5-4-6-8-33/h11-14,16,18,23-25,27,33H,4-10,15,17,19-22,26,28-32H2,1-3H3,(H,49,50). The third kappa shape index (κ3) is 8.26. The van der Waals surface area contributed by atoms with E-state index in [0.29, 0.717) is 45.5 Å². The number of pyridine rings is 1. The van der Waals surface area contributed by atoms with Crippen molar-refractivity contribution in [1.29, 1.82) is 0 Å². The number of nitro groups is 1. The van der Waals surface area contributed by atoms with Crippen LogP contribution in [0.15, 0.2) is 77.0 Å². The second-order valence-electron chi connectivity index (χ2n) is 19.9. The number of H-pyrrole nitrogens is 1. The van der Waals surface area contributed by atoms with E-state index in [1.807, 2.05) is 24.3 Å². The van der Waals surface area contributed by atoms with E-state index >= 15 is 0 Å². The number of piperazine rings is 1. The van der Waals surface area contributed by atoms with E-state index in [-0.39, 0.29) is 21.9 Å². The number of carbonyl (C=O) groups excluding carboxylic acids is 1. The van der Waals surface area contributed by atoms with E-state index in [9.17, 15) is 23.3 Å². The van der Waals surface area contributed by atoms with Gasteiger partial charge in [0.15, 0.2) is 15.6 Å². The zero-order valence-electron chi connectivity index (χ0n) is 35.4. The lowest BCUT2D eigenvalue weighted by atomic mass is 9.33. The van der Waals surface area contributed by atoms with Gasteiger partial charge in [0.25, 0.3) is 5.69 Å². The van der Waals surface area contributed by atoms with Crippen LogP contribution in [0.25, 0.3) is 11.0 Å². The van der Waals surface area contributed by atoms with Crippen molar-refractivity contribution in [3.05, 3.63) is 93.3 Å². The predicted molar refractivity (Wildman–Crippen MR) is 235 cm³/mol. The molecule has 5 aliphatic carbocycles. The molecule has 5 fully saturated rings. The second-order valence-corrected chi connectivity index (χ2v) is 21.9. The van der Waals surface area contributed by atoms with E-state index in [1.165, 1.54) is 63.9 Å². The first kappa shape index (κ1) is 40.8. The van der Waals surface area contributed by atoms with Gasteiger partial charge in [-0.05, 0) is 104 Å². The molecule has 0 unspecified atom stereocenters. The topological polar surface area (TPSA) is 139 Å². The molecule has 2 aromatic heterocycles. The summed E-state index contributed by atoms with van der Waals surface area (Å²) in [5.41, 5.74) is 6.90. The van der Waals surface area contributed by atoms with Crippen LogP contribution in [-0.2, 0) is 16.3 Å². The Morgan fingerprint density at radius 1 is 0.983 bits per heavy atom. The van der Waals surface area contributed by atoms with Crippen LogP contribution in [0.5, 0.6) is 11.5 Å². The van der Waals surface area contributed by atoms with Crippen LogP contribution in [0.4, 0.5) is 11.4 Å². The monoisotopic (exact) mass is 833 g/mol. The fourth-order valence-corrected chi connectivity index (χ4v) is 12.8. The van der Waals surface area contributed by atoms with Crippen molar-refractivity contribution in [2.75, 3.05) is 43.4 Å². The molecular formula is C48H59N5O6S. The van der Waals surface area contributed by atoms with Gasteiger partial charge < -0.3 is 14.6 Å². The molecule has 10 rings (SSSR count). The number of aromatic amines is 1. The molecule has 2 aromatic carbocycles. The largest absolute Gasteiger partial charge is 0.455 e. The van der Waals surface area contributed by atoms with Crippen molar-refractivity contribution in [2.45, 2.75) is 109 Å². The third-order valence-corrected chi connectivity index (χ3v) is 16.2. The molecule has 0 radical (unpaired) electrons. The number of carbonyl (C=O) groups is 1. The first-order valence-corrected chi connectivity index (χ1v) is 23.8. The summed E-state index contributed by atoms with van der Waals surface area (Å²) < 4.78 is 34.0. The molecule has 318 valence electrons. The quantitative estimate of drug-likeness (QED) is 0.0569. The maximum atomic E-state index is 14.0. The normalized spacial score (nSPS) is 24.6. The SMILES string of the molecule is CC1(C)CCC(CN2CCN(c3ccc(C(=O)CS(=O)(=O)c4ccc(CCC5CCCCC5)c([N+](=O)[O-])c4)c(Oc4cnc5[nH]ccc5c4)c3)CC2)=C(C23CC(C)(C2)C3)C1. The number of benzene rings is 2. The van der Waals surface area contributed by atoms with Gasteiger partial charge in [-0.2, -0.15) is 0 Å². The van der Waals surface area contributed by atoms with Crippen LogP contribution in [0.2, 0.25) is 0 Å². The van der Waals surface area contributed by atoms with Crippen LogP contribution in [0, 0.1) is 32.3 Å². The number of aryl methyl sites for hydroxylation is 1. The molecule has 1 N–H and O–H groups in total. The van der Waals surface area contributed by atoms with Crippen molar-refractivity contribution < 1.29 is 22.9 Å². The lowest BCUT2D eigenvalue weighted by Gasteiger charge is -2.72.